The highest BCUT2D eigenvalue weighted by atomic mass is 16.5. The molecular formula is C20H23NO3. The van der Waals surface area contributed by atoms with Gasteiger partial charge in [0.25, 0.3) is 5.91 Å². The topological polar surface area (TPSA) is 46.6 Å². The summed E-state index contributed by atoms with van der Waals surface area (Å²) in [5.41, 5.74) is 3.79. The van der Waals surface area contributed by atoms with Gasteiger partial charge in [-0.05, 0) is 31.0 Å². The Balaban J connectivity index is 2.21. The van der Waals surface area contributed by atoms with Crippen molar-refractivity contribution in [3.05, 3.63) is 70.8 Å². The zero-order valence-electron chi connectivity index (χ0n) is 14.4. The number of hydrogen-bond donors (Lipinski definition) is 0. The lowest BCUT2D eigenvalue weighted by atomic mass is 10.1. The lowest BCUT2D eigenvalue weighted by Gasteiger charge is -2.23. The van der Waals surface area contributed by atoms with E-state index < -0.39 is 0 Å². The van der Waals surface area contributed by atoms with E-state index in [9.17, 15) is 9.59 Å². The molecule has 0 heterocycles. The number of amides is 1. The molecule has 0 N–H and O–H groups in total. The first-order valence-electron chi connectivity index (χ1n) is 7.98. The molecule has 0 atom stereocenters. The van der Waals surface area contributed by atoms with Gasteiger partial charge in [-0.2, -0.15) is 0 Å². The molecule has 0 fully saturated rings. The first-order chi connectivity index (χ1) is 11.5. The molecule has 0 aliphatic rings. The maximum absolute atomic E-state index is 12.9. The van der Waals surface area contributed by atoms with Crippen LogP contribution in [0.1, 0.15) is 33.5 Å². The molecular weight excluding hydrogens is 302 g/mol. The predicted octanol–water partition coefficient (Wildman–Crippen LogP) is 3.51. The van der Waals surface area contributed by atoms with Gasteiger partial charge >= 0.3 is 5.97 Å². The summed E-state index contributed by atoms with van der Waals surface area (Å²) in [6.45, 7) is 4.73. The Hall–Kier alpha value is -2.62. The zero-order chi connectivity index (χ0) is 17.5. The number of carbonyl (C=O) groups is 2. The molecule has 2 rings (SSSR count). The molecule has 2 aromatic carbocycles. The van der Waals surface area contributed by atoms with Gasteiger partial charge < -0.3 is 9.64 Å². The van der Waals surface area contributed by atoms with E-state index in [4.69, 9.17) is 4.74 Å². The Morgan fingerprint density at radius 1 is 1.00 bits per heavy atom. The third-order valence-electron chi connectivity index (χ3n) is 3.97. The standard InChI is InChI=1S/C20H23NO3/c1-15-8-10-17(11-9-15)14-21(13-12-19(22)24-3)20(23)18-7-5-4-6-16(18)2/h4-11H,12-14H2,1-3H3. The van der Waals surface area contributed by atoms with Crippen LogP contribution < -0.4 is 0 Å². The van der Waals surface area contributed by atoms with E-state index in [1.165, 1.54) is 12.7 Å². The highest BCUT2D eigenvalue weighted by molar-refractivity contribution is 5.95. The average molecular weight is 325 g/mol. The van der Waals surface area contributed by atoms with Crippen molar-refractivity contribution in [2.45, 2.75) is 26.8 Å². The predicted molar refractivity (Wildman–Crippen MR) is 93.7 cm³/mol. The fraction of sp³-hybridized carbons (Fsp3) is 0.300. The zero-order valence-corrected chi connectivity index (χ0v) is 14.4. The number of rotatable bonds is 6. The maximum atomic E-state index is 12.9. The number of hydrogen-bond acceptors (Lipinski definition) is 3. The van der Waals surface area contributed by atoms with Crippen molar-refractivity contribution in [3.8, 4) is 0 Å². The summed E-state index contributed by atoms with van der Waals surface area (Å²) in [6.07, 6.45) is 0.181. The van der Waals surface area contributed by atoms with Gasteiger partial charge in [-0.3, -0.25) is 9.59 Å². The number of carbonyl (C=O) groups excluding carboxylic acids is 2. The van der Waals surface area contributed by atoms with E-state index in [0.717, 1.165) is 11.1 Å². The minimum atomic E-state index is -0.318. The van der Waals surface area contributed by atoms with E-state index >= 15 is 0 Å². The Labute approximate surface area is 143 Å². The van der Waals surface area contributed by atoms with Crippen molar-refractivity contribution < 1.29 is 14.3 Å². The smallest absolute Gasteiger partial charge is 0.307 e. The summed E-state index contributed by atoms with van der Waals surface area (Å²) in [5, 5.41) is 0. The number of nitrogens with zero attached hydrogens (tertiary/aromatic N) is 1. The molecule has 4 heteroatoms. The Kier molecular flexibility index (Phi) is 6.13. The third kappa shape index (κ3) is 4.69. The second-order valence-electron chi connectivity index (χ2n) is 5.85. The van der Waals surface area contributed by atoms with Crippen molar-refractivity contribution in [1.82, 2.24) is 4.90 Å². The van der Waals surface area contributed by atoms with Crippen LogP contribution in [-0.4, -0.2) is 30.4 Å². The van der Waals surface area contributed by atoms with Crippen LogP contribution in [0.3, 0.4) is 0 Å². The van der Waals surface area contributed by atoms with E-state index in [1.54, 1.807) is 4.90 Å². The van der Waals surface area contributed by atoms with Gasteiger partial charge in [0.15, 0.2) is 0 Å². The van der Waals surface area contributed by atoms with Gasteiger partial charge in [-0.15, -0.1) is 0 Å². The quantitative estimate of drug-likeness (QED) is 0.764. The first-order valence-corrected chi connectivity index (χ1v) is 7.98. The van der Waals surface area contributed by atoms with Gasteiger partial charge in [0, 0.05) is 18.7 Å². The van der Waals surface area contributed by atoms with Crippen LogP contribution >= 0.6 is 0 Å². The van der Waals surface area contributed by atoms with E-state index in [0.29, 0.717) is 18.7 Å². The fourth-order valence-corrected chi connectivity index (χ4v) is 2.48. The number of aryl methyl sites for hydroxylation is 2. The molecule has 0 bridgehead atoms. The van der Waals surface area contributed by atoms with Gasteiger partial charge in [0.05, 0.1) is 13.5 Å². The van der Waals surface area contributed by atoms with Crippen LogP contribution in [0.25, 0.3) is 0 Å². The number of methoxy groups -OCH3 is 1. The average Bonchev–Trinajstić information content (AvgIpc) is 2.59. The van der Waals surface area contributed by atoms with E-state index in [2.05, 4.69) is 0 Å². The Bertz CT molecular complexity index is 707. The monoisotopic (exact) mass is 325 g/mol. The third-order valence-corrected chi connectivity index (χ3v) is 3.97. The molecule has 0 aliphatic heterocycles. The van der Waals surface area contributed by atoms with Gasteiger partial charge in [0.2, 0.25) is 0 Å². The number of ether oxygens (including phenoxy) is 1. The van der Waals surface area contributed by atoms with Crippen molar-refractivity contribution in [1.29, 1.82) is 0 Å². The summed E-state index contributed by atoms with van der Waals surface area (Å²) in [5.74, 6) is -0.390. The van der Waals surface area contributed by atoms with Crippen LogP contribution in [0.5, 0.6) is 0 Å². The molecule has 0 spiro atoms. The van der Waals surface area contributed by atoms with Crippen LogP contribution in [0.2, 0.25) is 0 Å². The first kappa shape index (κ1) is 17.7. The molecule has 0 unspecified atom stereocenters. The van der Waals surface area contributed by atoms with Crippen LogP contribution in [0.15, 0.2) is 48.5 Å². The maximum Gasteiger partial charge on any atom is 0.307 e. The molecule has 0 saturated carbocycles. The van der Waals surface area contributed by atoms with Crippen molar-refractivity contribution >= 4 is 11.9 Å². The molecule has 2 aromatic rings. The van der Waals surface area contributed by atoms with Crippen LogP contribution in [0.4, 0.5) is 0 Å². The number of benzene rings is 2. The lowest BCUT2D eigenvalue weighted by Crippen LogP contribution is -2.33. The van der Waals surface area contributed by atoms with Crippen molar-refractivity contribution in [2.24, 2.45) is 0 Å². The summed E-state index contributed by atoms with van der Waals surface area (Å²) in [6, 6.07) is 15.5. The molecule has 126 valence electrons. The molecule has 24 heavy (non-hydrogen) atoms. The van der Waals surface area contributed by atoms with Gasteiger partial charge in [0.1, 0.15) is 0 Å². The summed E-state index contributed by atoms with van der Waals surface area (Å²) >= 11 is 0. The van der Waals surface area contributed by atoms with E-state index in [-0.39, 0.29) is 18.3 Å². The Morgan fingerprint density at radius 2 is 1.67 bits per heavy atom. The minimum absolute atomic E-state index is 0.0717. The SMILES string of the molecule is COC(=O)CCN(Cc1ccc(C)cc1)C(=O)c1ccccc1C. The van der Waals surface area contributed by atoms with Crippen molar-refractivity contribution in [3.63, 3.8) is 0 Å². The van der Waals surface area contributed by atoms with Crippen LogP contribution in [-0.2, 0) is 16.1 Å². The highest BCUT2D eigenvalue weighted by Gasteiger charge is 2.19. The fourth-order valence-electron chi connectivity index (χ4n) is 2.48. The minimum Gasteiger partial charge on any atom is -0.469 e. The lowest BCUT2D eigenvalue weighted by molar-refractivity contribution is -0.140. The molecule has 0 aromatic heterocycles. The largest absolute Gasteiger partial charge is 0.469 e. The Morgan fingerprint density at radius 3 is 2.29 bits per heavy atom. The molecule has 0 radical (unpaired) electrons. The van der Waals surface area contributed by atoms with E-state index in [1.807, 2.05) is 62.4 Å². The second-order valence-corrected chi connectivity index (χ2v) is 5.85. The molecule has 4 nitrogen and oxygen atoms in total. The van der Waals surface area contributed by atoms with Gasteiger partial charge in [-0.1, -0.05) is 48.0 Å². The normalized spacial score (nSPS) is 10.3. The second kappa shape index (κ2) is 8.29. The summed E-state index contributed by atoms with van der Waals surface area (Å²) in [7, 11) is 1.36. The van der Waals surface area contributed by atoms with Gasteiger partial charge in [-0.25, -0.2) is 0 Å². The van der Waals surface area contributed by atoms with Crippen LogP contribution in [0, 0.1) is 13.8 Å². The summed E-state index contributed by atoms with van der Waals surface area (Å²) in [4.78, 5) is 26.1. The molecule has 0 aliphatic carbocycles. The highest BCUT2D eigenvalue weighted by Crippen LogP contribution is 2.15. The molecule has 1 amide bonds. The number of esters is 1. The van der Waals surface area contributed by atoms with Crippen molar-refractivity contribution in [2.75, 3.05) is 13.7 Å². The summed E-state index contributed by atoms with van der Waals surface area (Å²) < 4.78 is 4.70. The molecule has 0 saturated heterocycles.